The Morgan fingerprint density at radius 1 is 1.20 bits per heavy atom. The number of thiazole rings is 1. The lowest BCUT2D eigenvalue weighted by molar-refractivity contribution is 0.381. The van der Waals surface area contributed by atoms with Crippen LogP contribution >= 0.6 is 22.9 Å². The van der Waals surface area contributed by atoms with Gasteiger partial charge in [-0.3, -0.25) is 0 Å². The maximum Gasteiger partial charge on any atom is 0.318 e. The highest BCUT2D eigenvalue weighted by Gasteiger charge is 2.24. The molecule has 0 amide bonds. The standard InChI is InChI=1S/C20H18ClFN6OS/c1-29-20-26-17-11(18(27-20)28-7-5-24-6-8-28)9-12(21)14(15(17)22)10-3-2-4-13-16(10)25-19(23)30-13/h2-4,9,24H,5-8H2,1H3,(H2,23,25). The smallest absolute Gasteiger partial charge is 0.318 e. The first kappa shape index (κ1) is 19.2. The normalized spacial score (nSPS) is 14.6. The van der Waals surface area contributed by atoms with E-state index in [1.54, 1.807) is 12.1 Å². The maximum atomic E-state index is 15.9. The average molecular weight is 445 g/mol. The zero-order valence-electron chi connectivity index (χ0n) is 16.1. The molecule has 1 saturated heterocycles. The van der Waals surface area contributed by atoms with E-state index in [0.29, 0.717) is 27.4 Å². The molecule has 0 atom stereocenters. The van der Waals surface area contributed by atoms with Crippen molar-refractivity contribution in [3.8, 4) is 17.1 Å². The third kappa shape index (κ3) is 3.10. The lowest BCUT2D eigenvalue weighted by atomic mass is 10.0. The van der Waals surface area contributed by atoms with Crippen molar-refractivity contribution in [1.29, 1.82) is 0 Å². The van der Waals surface area contributed by atoms with Gasteiger partial charge in [0.25, 0.3) is 0 Å². The Balaban J connectivity index is 1.79. The summed E-state index contributed by atoms with van der Waals surface area (Å²) in [7, 11) is 1.47. The number of halogens is 2. The molecular weight excluding hydrogens is 427 g/mol. The summed E-state index contributed by atoms with van der Waals surface area (Å²) >= 11 is 7.97. The maximum absolute atomic E-state index is 15.9. The van der Waals surface area contributed by atoms with Gasteiger partial charge in [-0.15, -0.1) is 0 Å². The minimum absolute atomic E-state index is 0.110. The van der Waals surface area contributed by atoms with Gasteiger partial charge >= 0.3 is 6.01 Å². The summed E-state index contributed by atoms with van der Waals surface area (Å²) in [6.45, 7) is 3.12. The molecule has 154 valence electrons. The van der Waals surface area contributed by atoms with E-state index in [2.05, 4.69) is 25.2 Å². The summed E-state index contributed by atoms with van der Waals surface area (Å²) in [5.74, 6) is 0.0791. The molecule has 10 heteroatoms. The molecule has 3 heterocycles. The van der Waals surface area contributed by atoms with Crippen LogP contribution in [0.25, 0.3) is 32.2 Å². The van der Waals surface area contributed by atoms with Crippen LogP contribution in [-0.4, -0.2) is 48.2 Å². The van der Waals surface area contributed by atoms with E-state index in [4.69, 9.17) is 22.1 Å². The van der Waals surface area contributed by atoms with Crippen molar-refractivity contribution >= 4 is 55.0 Å². The van der Waals surface area contributed by atoms with Crippen LogP contribution in [0.3, 0.4) is 0 Å². The van der Waals surface area contributed by atoms with Crippen LogP contribution in [0.1, 0.15) is 0 Å². The van der Waals surface area contributed by atoms with Crippen LogP contribution in [-0.2, 0) is 0 Å². The van der Waals surface area contributed by atoms with Gasteiger partial charge in [-0.1, -0.05) is 35.1 Å². The van der Waals surface area contributed by atoms with Gasteiger partial charge in [0, 0.05) is 42.7 Å². The lowest BCUT2D eigenvalue weighted by Gasteiger charge is -2.29. The van der Waals surface area contributed by atoms with Crippen LogP contribution in [0.15, 0.2) is 24.3 Å². The van der Waals surface area contributed by atoms with E-state index >= 15 is 4.39 Å². The van der Waals surface area contributed by atoms with Crippen molar-refractivity contribution in [2.75, 3.05) is 43.9 Å². The highest BCUT2D eigenvalue weighted by atomic mass is 35.5. The van der Waals surface area contributed by atoms with Crippen molar-refractivity contribution < 1.29 is 9.13 Å². The quantitative estimate of drug-likeness (QED) is 0.498. The molecule has 2 aromatic carbocycles. The van der Waals surface area contributed by atoms with Gasteiger partial charge in [-0.25, -0.2) is 9.37 Å². The lowest BCUT2D eigenvalue weighted by Crippen LogP contribution is -2.44. The number of para-hydroxylation sites is 1. The monoisotopic (exact) mass is 444 g/mol. The molecular formula is C20H18ClFN6OS. The number of nitrogens with two attached hydrogens (primary N) is 1. The molecule has 2 aromatic heterocycles. The second-order valence-electron chi connectivity index (χ2n) is 6.92. The third-order valence-electron chi connectivity index (χ3n) is 5.15. The van der Waals surface area contributed by atoms with Crippen LogP contribution in [0.2, 0.25) is 5.02 Å². The number of anilines is 2. The van der Waals surface area contributed by atoms with E-state index in [-0.39, 0.29) is 22.1 Å². The van der Waals surface area contributed by atoms with Gasteiger partial charge in [-0.05, 0) is 12.1 Å². The third-order valence-corrected chi connectivity index (χ3v) is 6.29. The molecule has 3 N–H and O–H groups in total. The number of benzene rings is 2. The van der Waals surface area contributed by atoms with E-state index in [1.807, 2.05) is 12.1 Å². The first-order chi connectivity index (χ1) is 14.6. The molecule has 1 fully saturated rings. The second-order valence-corrected chi connectivity index (χ2v) is 8.39. The minimum atomic E-state index is -0.534. The summed E-state index contributed by atoms with van der Waals surface area (Å²) in [6.07, 6.45) is 0. The van der Waals surface area contributed by atoms with Gasteiger partial charge in [-0.2, -0.15) is 9.97 Å². The second kappa shape index (κ2) is 7.50. The Kier molecular flexibility index (Phi) is 4.80. The fourth-order valence-corrected chi connectivity index (χ4v) is 4.84. The molecule has 4 aromatic rings. The number of fused-ring (bicyclic) bond motifs is 2. The molecule has 1 aliphatic heterocycles. The number of nitrogen functional groups attached to an aromatic ring is 1. The Morgan fingerprint density at radius 3 is 2.77 bits per heavy atom. The van der Waals surface area contributed by atoms with Crippen LogP contribution < -0.4 is 20.7 Å². The summed E-state index contributed by atoms with van der Waals surface area (Å²) in [6, 6.07) is 7.35. The highest BCUT2D eigenvalue weighted by Crippen LogP contribution is 2.41. The van der Waals surface area contributed by atoms with Gasteiger partial charge in [0.2, 0.25) is 0 Å². The Morgan fingerprint density at radius 2 is 2.00 bits per heavy atom. The van der Waals surface area contributed by atoms with Crippen molar-refractivity contribution in [1.82, 2.24) is 20.3 Å². The van der Waals surface area contributed by atoms with Crippen molar-refractivity contribution in [3.05, 3.63) is 35.1 Å². The SMILES string of the molecule is COc1nc(N2CCNCC2)c2cc(Cl)c(-c3cccc4sc(N)nc34)c(F)c2n1. The molecule has 7 nitrogen and oxygen atoms in total. The van der Waals surface area contributed by atoms with E-state index < -0.39 is 5.82 Å². The number of hydrogen-bond acceptors (Lipinski definition) is 8. The number of piperazine rings is 1. The van der Waals surface area contributed by atoms with E-state index in [9.17, 15) is 0 Å². The van der Waals surface area contributed by atoms with Crippen molar-refractivity contribution in [3.63, 3.8) is 0 Å². The zero-order valence-corrected chi connectivity index (χ0v) is 17.6. The Labute approximate surface area is 180 Å². The van der Waals surface area contributed by atoms with Crippen LogP contribution in [0.5, 0.6) is 6.01 Å². The molecule has 0 bridgehead atoms. The largest absolute Gasteiger partial charge is 0.467 e. The number of ether oxygens (including phenoxy) is 1. The number of nitrogens with one attached hydrogen (secondary N) is 1. The molecule has 0 unspecified atom stereocenters. The number of rotatable bonds is 3. The minimum Gasteiger partial charge on any atom is -0.467 e. The topological polar surface area (TPSA) is 89.2 Å². The van der Waals surface area contributed by atoms with E-state index in [0.717, 1.165) is 30.9 Å². The predicted octanol–water partition coefficient (Wildman–Crippen LogP) is 3.70. The number of aromatic nitrogens is 3. The summed E-state index contributed by atoms with van der Waals surface area (Å²) in [5.41, 5.74) is 7.47. The molecule has 5 rings (SSSR count). The average Bonchev–Trinajstić information content (AvgIpc) is 3.15. The van der Waals surface area contributed by atoms with Crippen LogP contribution in [0.4, 0.5) is 15.3 Å². The van der Waals surface area contributed by atoms with Crippen molar-refractivity contribution in [2.45, 2.75) is 0 Å². The molecule has 1 aliphatic rings. The number of nitrogens with zero attached hydrogens (tertiary/aromatic N) is 4. The fourth-order valence-electron chi connectivity index (χ4n) is 3.78. The molecule has 0 spiro atoms. The van der Waals surface area contributed by atoms with E-state index in [1.165, 1.54) is 18.4 Å². The zero-order chi connectivity index (χ0) is 20.8. The first-order valence-corrected chi connectivity index (χ1v) is 10.6. The van der Waals surface area contributed by atoms with Gasteiger partial charge in [0.05, 0.1) is 22.3 Å². The molecule has 0 saturated carbocycles. The predicted molar refractivity (Wildman–Crippen MR) is 119 cm³/mol. The summed E-state index contributed by atoms with van der Waals surface area (Å²) < 4.78 is 22.0. The van der Waals surface area contributed by atoms with Gasteiger partial charge < -0.3 is 20.7 Å². The molecule has 0 radical (unpaired) electrons. The summed E-state index contributed by atoms with van der Waals surface area (Å²) in [5, 5.41) is 4.54. The van der Waals surface area contributed by atoms with Crippen LogP contribution in [0, 0.1) is 5.82 Å². The fraction of sp³-hybridized carbons (Fsp3) is 0.250. The highest BCUT2D eigenvalue weighted by molar-refractivity contribution is 7.22. The Bertz CT molecular complexity index is 1270. The van der Waals surface area contributed by atoms with Gasteiger partial charge in [0.15, 0.2) is 10.9 Å². The first-order valence-electron chi connectivity index (χ1n) is 9.41. The molecule has 30 heavy (non-hydrogen) atoms. The van der Waals surface area contributed by atoms with Gasteiger partial charge in [0.1, 0.15) is 11.3 Å². The number of methoxy groups -OCH3 is 1. The molecule has 0 aliphatic carbocycles. The van der Waals surface area contributed by atoms with Crippen molar-refractivity contribution in [2.24, 2.45) is 0 Å². The Hall–Kier alpha value is -2.75. The number of hydrogen-bond donors (Lipinski definition) is 2. The summed E-state index contributed by atoms with van der Waals surface area (Å²) in [4.78, 5) is 15.3.